The molecular weight excluding hydrogens is 600 g/mol. The molecule has 0 fully saturated rings. The van der Waals surface area contributed by atoms with Crippen molar-refractivity contribution in [2.24, 2.45) is 5.73 Å². The summed E-state index contributed by atoms with van der Waals surface area (Å²) in [5.74, 6) is -0.418. The van der Waals surface area contributed by atoms with Crippen LogP contribution in [0.4, 0.5) is 8.78 Å². The van der Waals surface area contributed by atoms with Crippen LogP contribution in [0.1, 0.15) is 37.8 Å². The number of carbonyl (C=O) groups is 4. The molecule has 0 bridgehead atoms. The molecule has 0 atom stereocenters. The molecule has 0 saturated heterocycles. The molecule has 248 valence electrons. The van der Waals surface area contributed by atoms with Crippen molar-refractivity contribution in [2.75, 3.05) is 13.1 Å². The van der Waals surface area contributed by atoms with Gasteiger partial charge in [0.15, 0.2) is 11.6 Å². The fourth-order valence-electron chi connectivity index (χ4n) is 3.43. The number of pyridine rings is 1. The second kappa shape index (κ2) is 24.8. The third kappa shape index (κ3) is 16.3. The Kier molecular flexibility index (Phi) is 21.8. The van der Waals surface area contributed by atoms with Gasteiger partial charge in [0.2, 0.25) is 19.2 Å². The maximum Gasteiger partial charge on any atom is 0.290 e. The number of ether oxygens (including phenoxy) is 1. The van der Waals surface area contributed by atoms with Crippen LogP contribution in [-0.4, -0.2) is 53.9 Å². The average molecular weight is 642 g/mol. The number of amides is 3. The highest BCUT2D eigenvalue weighted by atomic mass is 19.1. The number of hydrogen-bond acceptors (Lipinski definition) is 6. The lowest BCUT2D eigenvalue weighted by atomic mass is 10.0. The van der Waals surface area contributed by atoms with Crippen LogP contribution in [0.25, 0.3) is 22.5 Å². The van der Waals surface area contributed by atoms with Gasteiger partial charge in [-0.15, -0.1) is 0 Å². The molecule has 0 aliphatic carbocycles. The number of rotatable bonds is 10. The van der Waals surface area contributed by atoms with E-state index in [1.165, 1.54) is 18.2 Å². The van der Waals surface area contributed by atoms with Gasteiger partial charge in [0.05, 0.1) is 11.4 Å². The molecule has 2 heterocycles. The number of aromatic amines is 1. The van der Waals surface area contributed by atoms with Crippen molar-refractivity contribution in [1.82, 2.24) is 20.6 Å². The number of H-pyrrole nitrogens is 1. The van der Waals surface area contributed by atoms with Crippen LogP contribution in [0.3, 0.4) is 0 Å². The van der Waals surface area contributed by atoms with Gasteiger partial charge in [-0.05, 0) is 74.7 Å². The summed E-state index contributed by atoms with van der Waals surface area (Å²) in [6, 6.07) is 14.5. The van der Waals surface area contributed by atoms with E-state index in [0.29, 0.717) is 29.0 Å². The third-order valence-electron chi connectivity index (χ3n) is 5.47. The Bertz CT molecular complexity index is 1460. The van der Waals surface area contributed by atoms with Gasteiger partial charge in [-0.2, -0.15) is 0 Å². The Morgan fingerprint density at radius 2 is 1.57 bits per heavy atom. The number of hydrogen-bond donors (Lipinski definition) is 5. The highest BCUT2D eigenvalue weighted by Gasteiger charge is 2.12. The van der Waals surface area contributed by atoms with Gasteiger partial charge < -0.3 is 31.2 Å². The Balaban J connectivity index is 0.000000930. The first-order valence-corrected chi connectivity index (χ1v) is 14.1. The Morgan fingerprint density at radius 1 is 0.913 bits per heavy atom. The SMILES string of the molecule is CCCCNC=O.CCNC=O.Cc1c[nH]c(-c2cc(Oc3cc(-c4cc(C)ccc4F)ccc3F)ccn2)c1.NC=O.O=CO. The summed E-state index contributed by atoms with van der Waals surface area (Å²) in [7, 11) is 0. The summed E-state index contributed by atoms with van der Waals surface area (Å²) in [6.07, 6.45) is 7.36. The maximum atomic E-state index is 14.3. The number of nitrogens with one attached hydrogen (secondary N) is 3. The molecule has 13 heteroatoms. The van der Waals surface area contributed by atoms with E-state index in [9.17, 15) is 18.4 Å². The second-order valence-corrected chi connectivity index (χ2v) is 9.04. The molecule has 0 spiro atoms. The summed E-state index contributed by atoms with van der Waals surface area (Å²) in [5.41, 5.74) is 8.66. The third-order valence-corrected chi connectivity index (χ3v) is 5.47. The monoisotopic (exact) mass is 641 g/mol. The molecule has 0 aliphatic rings. The van der Waals surface area contributed by atoms with Gasteiger partial charge in [0, 0.05) is 37.1 Å². The van der Waals surface area contributed by atoms with Crippen molar-refractivity contribution >= 4 is 25.7 Å². The van der Waals surface area contributed by atoms with Gasteiger partial charge in [0.1, 0.15) is 11.6 Å². The zero-order valence-corrected chi connectivity index (χ0v) is 26.3. The molecule has 0 saturated carbocycles. The average Bonchev–Trinajstić information content (AvgIpc) is 3.48. The molecule has 0 unspecified atom stereocenters. The van der Waals surface area contributed by atoms with E-state index in [2.05, 4.69) is 33.3 Å². The molecule has 2 aromatic carbocycles. The summed E-state index contributed by atoms with van der Waals surface area (Å²) < 4.78 is 34.3. The lowest BCUT2D eigenvalue weighted by Gasteiger charge is -2.11. The van der Waals surface area contributed by atoms with Crippen LogP contribution in [0, 0.1) is 25.5 Å². The van der Waals surface area contributed by atoms with Crippen molar-refractivity contribution in [1.29, 1.82) is 0 Å². The van der Waals surface area contributed by atoms with E-state index < -0.39 is 5.82 Å². The number of carboxylic acid groups (broad SMARTS) is 1. The minimum atomic E-state index is -0.522. The van der Waals surface area contributed by atoms with Gasteiger partial charge >= 0.3 is 0 Å². The van der Waals surface area contributed by atoms with E-state index >= 15 is 0 Å². The lowest BCUT2D eigenvalue weighted by molar-refractivity contribution is -0.123. The molecule has 2 aromatic heterocycles. The van der Waals surface area contributed by atoms with Crippen molar-refractivity contribution in [3.63, 3.8) is 0 Å². The zero-order valence-electron chi connectivity index (χ0n) is 26.3. The Morgan fingerprint density at radius 3 is 2.11 bits per heavy atom. The number of carbonyl (C=O) groups excluding carboxylic acids is 3. The van der Waals surface area contributed by atoms with Crippen molar-refractivity contribution < 1.29 is 37.8 Å². The standard InChI is InChI=1S/C23H18F2N2O.C5H11NO.C3H7NO.CH3NO.CH2O2/c1-14-3-5-19(24)18(9-14)16-4-6-20(25)23(11-16)28-17-7-8-26-22(12-17)21-10-15(2)13-27-21;1-2-3-4-6-5-7;1-2-4-3-5;2*2-1-3/h3-13,27H,1-2H3;5H,2-4H2,1H3,(H,6,7);3H,2H2,1H3,(H,4,5);1H,(H2,2,3);1H,(H,2,3). The zero-order chi connectivity index (χ0) is 34.7. The number of benzene rings is 2. The largest absolute Gasteiger partial charge is 0.483 e. The smallest absolute Gasteiger partial charge is 0.290 e. The van der Waals surface area contributed by atoms with Crippen molar-refractivity contribution in [3.05, 3.63) is 89.8 Å². The highest BCUT2D eigenvalue weighted by Crippen LogP contribution is 2.32. The number of nitrogens with zero attached hydrogens (tertiary/aromatic N) is 1. The molecule has 4 rings (SSSR count). The first-order valence-electron chi connectivity index (χ1n) is 14.1. The molecule has 4 aromatic rings. The molecule has 0 radical (unpaired) electrons. The molecule has 6 N–H and O–H groups in total. The number of halogens is 2. The fraction of sp³-hybridized carbons (Fsp3) is 0.242. The fourth-order valence-corrected chi connectivity index (χ4v) is 3.43. The van der Waals surface area contributed by atoms with Gasteiger partial charge in [-0.3, -0.25) is 24.2 Å². The van der Waals surface area contributed by atoms with Crippen LogP contribution in [0.5, 0.6) is 11.5 Å². The van der Waals surface area contributed by atoms with Gasteiger partial charge in [0.25, 0.3) is 6.47 Å². The number of aryl methyl sites for hydroxylation is 2. The van der Waals surface area contributed by atoms with E-state index in [1.54, 1.807) is 36.5 Å². The van der Waals surface area contributed by atoms with Crippen LogP contribution < -0.4 is 21.1 Å². The predicted octanol–water partition coefficient (Wildman–Crippen LogP) is 5.52. The first kappa shape index (κ1) is 40.4. The van der Waals surface area contributed by atoms with E-state index in [0.717, 1.165) is 49.2 Å². The predicted molar refractivity (Wildman–Crippen MR) is 173 cm³/mol. The van der Waals surface area contributed by atoms with Gasteiger partial charge in [-0.25, -0.2) is 8.78 Å². The summed E-state index contributed by atoms with van der Waals surface area (Å²) in [6.45, 7) is 9.11. The van der Waals surface area contributed by atoms with E-state index in [-0.39, 0.29) is 24.4 Å². The van der Waals surface area contributed by atoms with Crippen molar-refractivity contribution in [3.8, 4) is 34.0 Å². The molecule has 3 amide bonds. The lowest BCUT2D eigenvalue weighted by Crippen LogP contribution is -2.11. The maximum absolute atomic E-state index is 14.3. The molecule has 46 heavy (non-hydrogen) atoms. The van der Waals surface area contributed by atoms with Gasteiger partial charge in [-0.1, -0.05) is 31.0 Å². The van der Waals surface area contributed by atoms with Crippen LogP contribution >= 0.6 is 0 Å². The minimum absolute atomic E-state index is 0.0261. The number of primary amides is 1. The summed E-state index contributed by atoms with van der Waals surface area (Å²) >= 11 is 0. The first-order chi connectivity index (χ1) is 22.1. The topological polar surface area (TPSA) is 176 Å². The molecule has 0 aliphatic heterocycles. The minimum Gasteiger partial charge on any atom is -0.483 e. The number of unbranched alkanes of at least 4 members (excludes halogenated alkanes) is 1. The van der Waals surface area contributed by atoms with Crippen LogP contribution in [0.2, 0.25) is 0 Å². The number of nitrogens with two attached hydrogens (primary N) is 1. The molecule has 11 nitrogen and oxygen atoms in total. The van der Waals surface area contributed by atoms with Crippen LogP contribution in [-0.2, 0) is 19.2 Å². The second-order valence-electron chi connectivity index (χ2n) is 9.04. The normalized spacial score (nSPS) is 9.09. The summed E-state index contributed by atoms with van der Waals surface area (Å²) in [5, 5.41) is 11.9. The quantitative estimate of drug-likeness (QED) is 0.112. The molecular formula is C33H41F2N5O6. The Labute approximate surface area is 267 Å². The Hall–Kier alpha value is -5.59. The summed E-state index contributed by atoms with van der Waals surface area (Å²) in [4.78, 5) is 43.3. The van der Waals surface area contributed by atoms with E-state index in [1.807, 2.05) is 33.0 Å². The van der Waals surface area contributed by atoms with E-state index in [4.69, 9.17) is 19.4 Å². The van der Waals surface area contributed by atoms with Crippen molar-refractivity contribution in [2.45, 2.75) is 40.5 Å². The highest BCUT2D eigenvalue weighted by molar-refractivity contribution is 5.67. The number of aromatic nitrogens is 2. The van der Waals surface area contributed by atoms with Crippen LogP contribution in [0.15, 0.2) is 67.0 Å².